The van der Waals surface area contributed by atoms with Crippen LogP contribution in [-0.2, 0) is 11.3 Å². The summed E-state index contributed by atoms with van der Waals surface area (Å²) in [4.78, 5) is 12.7. The van der Waals surface area contributed by atoms with Crippen LogP contribution in [0.25, 0.3) is 0 Å². The molecule has 0 radical (unpaired) electrons. The van der Waals surface area contributed by atoms with Crippen molar-refractivity contribution < 1.29 is 18.7 Å². The molecule has 0 saturated carbocycles. The highest BCUT2D eigenvalue weighted by Crippen LogP contribution is 2.21. The van der Waals surface area contributed by atoms with Gasteiger partial charge in [0.1, 0.15) is 6.04 Å². The number of aliphatic carboxylic acids is 1. The number of rotatable bonds is 3. The van der Waals surface area contributed by atoms with Gasteiger partial charge in [-0.25, -0.2) is 8.78 Å². The Bertz CT molecular complexity index is 437. The Kier molecular flexibility index (Phi) is 3.38. The van der Waals surface area contributed by atoms with Crippen LogP contribution in [0.2, 0.25) is 0 Å². The molecule has 5 heteroatoms. The van der Waals surface area contributed by atoms with Crippen LogP contribution >= 0.6 is 0 Å². The number of nitrogens with zero attached hydrogens (tertiary/aromatic N) is 1. The van der Waals surface area contributed by atoms with Crippen LogP contribution in [0.5, 0.6) is 0 Å². The van der Waals surface area contributed by atoms with Gasteiger partial charge in [0, 0.05) is 6.54 Å². The van der Waals surface area contributed by atoms with Crippen molar-refractivity contribution in [1.29, 1.82) is 0 Å². The zero-order valence-corrected chi connectivity index (χ0v) is 9.20. The van der Waals surface area contributed by atoms with Crippen LogP contribution < -0.4 is 0 Å². The molecule has 0 amide bonds. The van der Waals surface area contributed by atoms with Gasteiger partial charge < -0.3 is 5.11 Å². The molecule has 3 nitrogen and oxygen atoms in total. The molecule has 1 N–H and O–H groups in total. The van der Waals surface area contributed by atoms with Crippen LogP contribution in [0.3, 0.4) is 0 Å². The molecule has 1 atom stereocenters. The van der Waals surface area contributed by atoms with E-state index in [2.05, 4.69) is 0 Å². The average Bonchev–Trinajstić information content (AvgIpc) is 2.72. The predicted octanol–water partition coefficient (Wildman–Crippen LogP) is 2.01. The van der Waals surface area contributed by atoms with Crippen molar-refractivity contribution in [3.8, 4) is 0 Å². The third kappa shape index (κ3) is 2.61. The lowest BCUT2D eigenvalue weighted by Crippen LogP contribution is -2.35. The highest BCUT2D eigenvalue weighted by atomic mass is 19.2. The van der Waals surface area contributed by atoms with E-state index >= 15 is 0 Å². The predicted molar refractivity (Wildman–Crippen MR) is 57.4 cm³/mol. The molecule has 1 fully saturated rings. The minimum Gasteiger partial charge on any atom is -0.480 e. The smallest absolute Gasteiger partial charge is 0.320 e. The number of carboxylic acid groups (broad SMARTS) is 1. The largest absolute Gasteiger partial charge is 0.480 e. The molecule has 17 heavy (non-hydrogen) atoms. The number of carboxylic acids is 1. The van der Waals surface area contributed by atoms with Crippen molar-refractivity contribution >= 4 is 5.97 Å². The van der Waals surface area contributed by atoms with Gasteiger partial charge in [-0.1, -0.05) is 6.07 Å². The summed E-state index contributed by atoms with van der Waals surface area (Å²) in [7, 11) is 0. The Morgan fingerprint density at radius 3 is 2.82 bits per heavy atom. The topological polar surface area (TPSA) is 40.5 Å². The van der Waals surface area contributed by atoms with Crippen LogP contribution in [0.15, 0.2) is 18.2 Å². The van der Waals surface area contributed by atoms with Gasteiger partial charge in [-0.15, -0.1) is 0 Å². The summed E-state index contributed by atoms with van der Waals surface area (Å²) in [5.74, 6) is -2.64. The monoisotopic (exact) mass is 241 g/mol. The molecule has 0 aliphatic carbocycles. The fourth-order valence-electron chi connectivity index (χ4n) is 2.17. The SMILES string of the molecule is O=C(O)[C@H]1CCCN1Cc1ccc(F)c(F)c1. The molecule has 1 aromatic carbocycles. The summed E-state index contributed by atoms with van der Waals surface area (Å²) in [6, 6.07) is 3.15. The summed E-state index contributed by atoms with van der Waals surface area (Å²) in [6.45, 7) is 1.02. The van der Waals surface area contributed by atoms with Gasteiger partial charge in [-0.2, -0.15) is 0 Å². The van der Waals surface area contributed by atoms with Crippen molar-refractivity contribution in [1.82, 2.24) is 4.90 Å². The van der Waals surface area contributed by atoms with E-state index in [1.54, 1.807) is 4.90 Å². The molecule has 1 heterocycles. The Balaban J connectivity index is 2.09. The van der Waals surface area contributed by atoms with Gasteiger partial charge in [-0.3, -0.25) is 9.69 Å². The van der Waals surface area contributed by atoms with Crippen LogP contribution in [-0.4, -0.2) is 28.6 Å². The minimum atomic E-state index is -0.895. The standard InChI is InChI=1S/C12H13F2NO2/c13-9-4-3-8(6-10(9)14)7-15-5-1-2-11(15)12(16)17/h3-4,6,11H,1-2,5,7H2,(H,16,17)/t11-/m1/s1. The van der Waals surface area contributed by atoms with E-state index in [-0.39, 0.29) is 0 Å². The normalized spacial score (nSPS) is 20.7. The van der Waals surface area contributed by atoms with E-state index in [0.29, 0.717) is 25.1 Å². The molecule has 1 aromatic rings. The molecular weight excluding hydrogens is 228 g/mol. The quantitative estimate of drug-likeness (QED) is 0.880. The highest BCUT2D eigenvalue weighted by Gasteiger charge is 2.30. The Morgan fingerprint density at radius 1 is 1.41 bits per heavy atom. The first-order chi connectivity index (χ1) is 8.08. The van der Waals surface area contributed by atoms with Crippen molar-refractivity contribution in [3.63, 3.8) is 0 Å². The summed E-state index contributed by atoms with van der Waals surface area (Å²) >= 11 is 0. The second kappa shape index (κ2) is 4.79. The van der Waals surface area contributed by atoms with Crippen molar-refractivity contribution in [2.75, 3.05) is 6.54 Å². The molecule has 1 saturated heterocycles. The second-order valence-electron chi connectivity index (χ2n) is 4.22. The molecular formula is C12H13F2NO2. The van der Waals surface area contributed by atoms with E-state index in [0.717, 1.165) is 18.6 Å². The number of halogens is 2. The third-order valence-corrected chi connectivity index (χ3v) is 3.02. The first-order valence-electron chi connectivity index (χ1n) is 5.48. The molecule has 2 rings (SSSR count). The summed E-state index contributed by atoms with van der Waals surface area (Å²) < 4.78 is 25.7. The van der Waals surface area contributed by atoms with E-state index in [4.69, 9.17) is 5.11 Å². The number of hydrogen-bond donors (Lipinski definition) is 1. The fraction of sp³-hybridized carbons (Fsp3) is 0.417. The first kappa shape index (κ1) is 12.0. The fourth-order valence-corrected chi connectivity index (χ4v) is 2.17. The van der Waals surface area contributed by atoms with Gasteiger partial charge in [0.05, 0.1) is 0 Å². The Labute approximate surface area is 97.7 Å². The third-order valence-electron chi connectivity index (χ3n) is 3.02. The number of likely N-dealkylation sites (tertiary alicyclic amines) is 1. The van der Waals surface area contributed by atoms with Gasteiger partial charge in [-0.05, 0) is 37.1 Å². The van der Waals surface area contributed by atoms with Gasteiger partial charge >= 0.3 is 5.97 Å². The maximum Gasteiger partial charge on any atom is 0.320 e. The van der Waals surface area contributed by atoms with E-state index in [1.807, 2.05) is 0 Å². The highest BCUT2D eigenvalue weighted by molar-refractivity contribution is 5.73. The van der Waals surface area contributed by atoms with Crippen LogP contribution in [0.1, 0.15) is 18.4 Å². The summed E-state index contributed by atoms with van der Waals surface area (Å²) in [6.07, 6.45) is 1.43. The minimum absolute atomic E-state index is 0.341. The van der Waals surface area contributed by atoms with Crippen LogP contribution in [0, 0.1) is 11.6 Å². The molecule has 0 bridgehead atoms. The lowest BCUT2D eigenvalue weighted by atomic mass is 10.1. The Hall–Kier alpha value is -1.49. The van der Waals surface area contributed by atoms with E-state index < -0.39 is 23.6 Å². The number of benzene rings is 1. The summed E-state index contributed by atoms with van der Waals surface area (Å²) in [5.41, 5.74) is 0.594. The molecule has 1 aliphatic heterocycles. The molecule has 92 valence electrons. The Morgan fingerprint density at radius 2 is 2.18 bits per heavy atom. The summed E-state index contributed by atoms with van der Waals surface area (Å²) in [5, 5.41) is 8.98. The lowest BCUT2D eigenvalue weighted by molar-refractivity contribution is -0.142. The van der Waals surface area contributed by atoms with Gasteiger partial charge in [0.25, 0.3) is 0 Å². The van der Waals surface area contributed by atoms with Crippen molar-refractivity contribution in [2.45, 2.75) is 25.4 Å². The number of carbonyl (C=O) groups is 1. The maximum absolute atomic E-state index is 13.0. The van der Waals surface area contributed by atoms with Crippen LogP contribution in [0.4, 0.5) is 8.78 Å². The van der Waals surface area contributed by atoms with E-state index in [1.165, 1.54) is 6.07 Å². The average molecular weight is 241 g/mol. The zero-order chi connectivity index (χ0) is 12.4. The number of hydrogen-bond acceptors (Lipinski definition) is 2. The van der Waals surface area contributed by atoms with Gasteiger partial charge in [0.2, 0.25) is 0 Å². The molecule has 1 aliphatic rings. The maximum atomic E-state index is 13.0. The van der Waals surface area contributed by atoms with Crippen molar-refractivity contribution in [3.05, 3.63) is 35.4 Å². The molecule has 0 unspecified atom stereocenters. The van der Waals surface area contributed by atoms with E-state index in [9.17, 15) is 13.6 Å². The lowest BCUT2D eigenvalue weighted by Gasteiger charge is -2.20. The molecule has 0 spiro atoms. The first-order valence-corrected chi connectivity index (χ1v) is 5.48. The second-order valence-corrected chi connectivity index (χ2v) is 4.22. The van der Waals surface area contributed by atoms with Crippen molar-refractivity contribution in [2.24, 2.45) is 0 Å². The zero-order valence-electron chi connectivity index (χ0n) is 9.20. The van der Waals surface area contributed by atoms with Gasteiger partial charge in [0.15, 0.2) is 11.6 Å². The molecule has 0 aromatic heterocycles.